The minimum Gasteiger partial charge on any atom is -0.228 e. The number of hydrogen-bond donors (Lipinski definition) is 0. The summed E-state index contributed by atoms with van der Waals surface area (Å²) < 4.78 is 0. The largest absolute Gasteiger partial charge is 0.228 e. The Balaban J connectivity index is 1.01. The van der Waals surface area contributed by atoms with E-state index in [9.17, 15) is 0 Å². The Morgan fingerprint density at radius 2 is 0.709 bits per heavy atom. The van der Waals surface area contributed by atoms with Crippen LogP contribution in [0.15, 0.2) is 206 Å². The molecule has 11 rings (SSSR count). The van der Waals surface area contributed by atoms with Gasteiger partial charge in [-0.1, -0.05) is 194 Å². The van der Waals surface area contributed by atoms with E-state index in [4.69, 9.17) is 9.97 Å². The fourth-order valence-electron chi connectivity index (χ4n) is 9.15. The average Bonchev–Trinajstić information content (AvgIpc) is 3.75. The van der Waals surface area contributed by atoms with Crippen molar-refractivity contribution in [1.29, 1.82) is 0 Å². The predicted molar refractivity (Wildman–Crippen MR) is 226 cm³/mol. The van der Waals surface area contributed by atoms with Gasteiger partial charge in [0.2, 0.25) is 0 Å². The van der Waals surface area contributed by atoms with Crippen molar-refractivity contribution in [3.05, 3.63) is 229 Å². The Kier molecular flexibility index (Phi) is 7.11. The van der Waals surface area contributed by atoms with Gasteiger partial charge in [-0.3, -0.25) is 0 Å². The molecule has 2 nitrogen and oxygen atoms in total. The smallest absolute Gasteiger partial charge is 0.160 e. The van der Waals surface area contributed by atoms with E-state index >= 15 is 0 Å². The fraction of sp³-hybridized carbons (Fsp3) is 0.0189. The van der Waals surface area contributed by atoms with Crippen molar-refractivity contribution in [2.75, 3.05) is 0 Å². The van der Waals surface area contributed by atoms with Crippen molar-refractivity contribution in [2.24, 2.45) is 0 Å². The molecular formula is C53H34N2. The molecule has 1 aromatic heterocycles. The molecule has 0 radical (unpaired) electrons. The molecule has 0 bridgehead atoms. The molecule has 8 aromatic carbocycles. The molecule has 2 aliphatic rings. The van der Waals surface area contributed by atoms with Gasteiger partial charge in [-0.25, -0.2) is 9.97 Å². The zero-order valence-corrected chi connectivity index (χ0v) is 30.0. The van der Waals surface area contributed by atoms with Crippen molar-refractivity contribution < 1.29 is 0 Å². The van der Waals surface area contributed by atoms with Gasteiger partial charge < -0.3 is 0 Å². The van der Waals surface area contributed by atoms with E-state index in [0.717, 1.165) is 39.5 Å². The van der Waals surface area contributed by atoms with Crippen LogP contribution in [0, 0.1) is 0 Å². The van der Waals surface area contributed by atoms with Crippen LogP contribution in [0.5, 0.6) is 0 Å². The second kappa shape index (κ2) is 12.5. The van der Waals surface area contributed by atoms with Crippen LogP contribution in [-0.2, 0) is 5.41 Å². The van der Waals surface area contributed by atoms with Crippen LogP contribution in [-0.4, -0.2) is 9.97 Å². The summed E-state index contributed by atoms with van der Waals surface area (Å²) in [6.07, 6.45) is 0. The first-order valence-electron chi connectivity index (χ1n) is 18.9. The van der Waals surface area contributed by atoms with Gasteiger partial charge in [0.1, 0.15) is 0 Å². The topological polar surface area (TPSA) is 25.8 Å². The summed E-state index contributed by atoms with van der Waals surface area (Å²) in [5.74, 6) is 0.719. The van der Waals surface area contributed by atoms with E-state index in [-0.39, 0.29) is 5.41 Å². The van der Waals surface area contributed by atoms with Gasteiger partial charge in [-0.2, -0.15) is 0 Å². The molecule has 0 saturated heterocycles. The van der Waals surface area contributed by atoms with E-state index in [1.54, 1.807) is 0 Å². The number of benzene rings is 8. The van der Waals surface area contributed by atoms with Crippen LogP contribution in [0.1, 0.15) is 22.3 Å². The zero-order chi connectivity index (χ0) is 36.3. The number of fused-ring (bicyclic) bond motifs is 10. The van der Waals surface area contributed by atoms with Crippen LogP contribution < -0.4 is 0 Å². The molecule has 9 aromatic rings. The summed E-state index contributed by atoms with van der Waals surface area (Å²) in [4.78, 5) is 10.0. The van der Waals surface area contributed by atoms with Crippen LogP contribution in [0.4, 0.5) is 0 Å². The summed E-state index contributed by atoms with van der Waals surface area (Å²) in [7, 11) is 0. The molecule has 256 valence electrons. The van der Waals surface area contributed by atoms with E-state index in [1.807, 2.05) is 24.3 Å². The molecule has 2 heteroatoms. The lowest BCUT2D eigenvalue weighted by Crippen LogP contribution is -2.25. The molecule has 0 amide bonds. The molecule has 1 spiro atoms. The molecule has 1 heterocycles. The molecule has 55 heavy (non-hydrogen) atoms. The predicted octanol–water partition coefficient (Wildman–Crippen LogP) is 13.2. The minimum absolute atomic E-state index is 0.357. The maximum Gasteiger partial charge on any atom is 0.160 e. The lowest BCUT2D eigenvalue weighted by atomic mass is 9.70. The van der Waals surface area contributed by atoms with Crippen molar-refractivity contribution in [1.82, 2.24) is 9.97 Å². The van der Waals surface area contributed by atoms with E-state index in [2.05, 4.69) is 182 Å². The van der Waals surface area contributed by atoms with Gasteiger partial charge in [0.15, 0.2) is 5.82 Å². The molecular weight excluding hydrogens is 665 g/mol. The maximum absolute atomic E-state index is 5.05. The Hall–Kier alpha value is -7.16. The summed E-state index contributed by atoms with van der Waals surface area (Å²) in [5.41, 5.74) is 20.1. The highest BCUT2D eigenvalue weighted by atomic mass is 14.9. The monoisotopic (exact) mass is 698 g/mol. The Bertz CT molecular complexity index is 2810. The molecule has 2 aliphatic carbocycles. The standard InChI is InChI=1S/C53H34N2/c1-3-15-36(16-4-1)49-34-50(55-52(54-49)38-17-5-2-6-18-38)37-31-29-35(30-32-37)39-19-13-20-40(33-39)41-24-14-28-48-51(41)44-23-9-12-27-47(44)53(48)45-25-10-7-21-42(45)43-22-8-11-26-46(43)53/h1-34H. The minimum atomic E-state index is -0.357. The fourth-order valence-corrected chi connectivity index (χ4v) is 9.15. The normalized spacial score (nSPS) is 12.9. The highest BCUT2D eigenvalue weighted by Crippen LogP contribution is 2.63. The van der Waals surface area contributed by atoms with Crippen LogP contribution in [0.3, 0.4) is 0 Å². The Labute approximate surface area is 321 Å². The second-order valence-corrected chi connectivity index (χ2v) is 14.5. The quantitative estimate of drug-likeness (QED) is 0.179. The average molecular weight is 699 g/mol. The van der Waals surface area contributed by atoms with Crippen LogP contribution >= 0.6 is 0 Å². The third kappa shape index (κ3) is 4.82. The van der Waals surface area contributed by atoms with Gasteiger partial charge >= 0.3 is 0 Å². The van der Waals surface area contributed by atoms with Crippen molar-refractivity contribution in [3.8, 4) is 78.4 Å². The van der Waals surface area contributed by atoms with Gasteiger partial charge in [0, 0.05) is 16.7 Å². The van der Waals surface area contributed by atoms with E-state index in [0.29, 0.717) is 0 Å². The molecule has 0 N–H and O–H groups in total. The van der Waals surface area contributed by atoms with Crippen molar-refractivity contribution in [2.45, 2.75) is 5.41 Å². The highest BCUT2D eigenvalue weighted by Gasteiger charge is 2.51. The Morgan fingerprint density at radius 3 is 1.36 bits per heavy atom. The first-order chi connectivity index (χ1) is 27.3. The summed E-state index contributed by atoms with van der Waals surface area (Å²) in [6, 6.07) is 74.4. The number of rotatable bonds is 5. The first-order valence-corrected chi connectivity index (χ1v) is 18.9. The maximum atomic E-state index is 5.05. The van der Waals surface area contributed by atoms with Crippen LogP contribution in [0.25, 0.3) is 78.4 Å². The van der Waals surface area contributed by atoms with Crippen LogP contribution in [0.2, 0.25) is 0 Å². The summed E-state index contributed by atoms with van der Waals surface area (Å²) >= 11 is 0. The SMILES string of the molecule is c1ccc(-c2cc(-c3ccc(-c4cccc(-c5cccc6c5-c5ccccc5C65c6ccccc6-c6ccccc65)c4)cc3)nc(-c3ccccc3)n2)cc1. The number of hydrogen-bond acceptors (Lipinski definition) is 2. The number of nitrogens with zero attached hydrogens (tertiary/aromatic N) is 2. The summed E-state index contributed by atoms with van der Waals surface area (Å²) in [5, 5.41) is 0. The third-order valence-electron chi connectivity index (χ3n) is 11.5. The lowest BCUT2D eigenvalue weighted by Gasteiger charge is -2.30. The molecule has 0 aliphatic heterocycles. The van der Waals surface area contributed by atoms with E-state index < -0.39 is 0 Å². The van der Waals surface area contributed by atoms with Crippen molar-refractivity contribution >= 4 is 0 Å². The van der Waals surface area contributed by atoms with Gasteiger partial charge in [0.25, 0.3) is 0 Å². The highest BCUT2D eigenvalue weighted by molar-refractivity contribution is 6.00. The van der Waals surface area contributed by atoms with Gasteiger partial charge in [-0.05, 0) is 78.9 Å². The Morgan fingerprint density at radius 1 is 0.273 bits per heavy atom. The molecule has 0 unspecified atom stereocenters. The van der Waals surface area contributed by atoms with Gasteiger partial charge in [0.05, 0.1) is 16.8 Å². The first kappa shape index (κ1) is 31.4. The number of aromatic nitrogens is 2. The second-order valence-electron chi connectivity index (χ2n) is 14.5. The third-order valence-corrected chi connectivity index (χ3v) is 11.5. The van der Waals surface area contributed by atoms with Crippen molar-refractivity contribution in [3.63, 3.8) is 0 Å². The van der Waals surface area contributed by atoms with Gasteiger partial charge in [-0.15, -0.1) is 0 Å². The zero-order valence-electron chi connectivity index (χ0n) is 30.0. The summed E-state index contributed by atoms with van der Waals surface area (Å²) in [6.45, 7) is 0. The molecule has 0 fully saturated rings. The molecule has 0 atom stereocenters. The lowest BCUT2D eigenvalue weighted by molar-refractivity contribution is 0.794. The molecule has 0 saturated carbocycles. The van der Waals surface area contributed by atoms with E-state index in [1.165, 1.54) is 61.2 Å².